The number of amides is 2. The smallest absolute Gasteiger partial charge is 0.290 e. The lowest BCUT2D eigenvalue weighted by Gasteiger charge is -2.33. The molecule has 2 aliphatic rings. The van der Waals surface area contributed by atoms with Gasteiger partial charge in [-0.2, -0.15) is 0 Å². The first-order chi connectivity index (χ1) is 14.5. The van der Waals surface area contributed by atoms with Gasteiger partial charge in [0.15, 0.2) is 0 Å². The lowest BCUT2D eigenvalue weighted by Crippen LogP contribution is -2.46. The molecule has 2 aliphatic heterocycles. The van der Waals surface area contributed by atoms with Crippen LogP contribution in [0.3, 0.4) is 0 Å². The number of carboxylic acid groups (broad SMARTS) is 1. The van der Waals surface area contributed by atoms with Gasteiger partial charge in [0.1, 0.15) is 12.2 Å². The molecule has 10 heteroatoms. The molecule has 0 spiro atoms. The van der Waals surface area contributed by atoms with Gasteiger partial charge in [-0.15, -0.1) is 0 Å². The number of H-pyrrole nitrogens is 1. The van der Waals surface area contributed by atoms with Gasteiger partial charge in [0, 0.05) is 18.4 Å². The first-order valence-corrected chi connectivity index (χ1v) is 9.47. The van der Waals surface area contributed by atoms with E-state index in [1.54, 1.807) is 24.5 Å². The number of piperidine rings is 1. The van der Waals surface area contributed by atoms with E-state index in [4.69, 9.17) is 9.90 Å². The molecule has 1 saturated heterocycles. The van der Waals surface area contributed by atoms with E-state index in [1.165, 1.54) is 11.2 Å². The normalized spacial score (nSPS) is 17.0. The highest BCUT2D eigenvalue weighted by atomic mass is 16.3. The van der Waals surface area contributed by atoms with Gasteiger partial charge in [-0.3, -0.25) is 19.3 Å². The van der Waals surface area contributed by atoms with Crippen LogP contribution >= 0.6 is 0 Å². The third-order valence-corrected chi connectivity index (χ3v) is 5.41. The lowest BCUT2D eigenvalue weighted by molar-refractivity contribution is -0.122. The number of nitrogens with zero attached hydrogens (tertiary/aromatic N) is 5. The molecular weight excluding hydrogens is 388 g/mol. The molecule has 10 nitrogen and oxygen atoms in total. The lowest BCUT2D eigenvalue weighted by atomic mass is 10.0. The summed E-state index contributed by atoms with van der Waals surface area (Å²) in [6.07, 6.45) is 6.41. The van der Waals surface area contributed by atoms with Crippen molar-refractivity contribution in [3.8, 4) is 11.4 Å². The third-order valence-electron chi connectivity index (χ3n) is 5.41. The fraction of sp³-hybridized carbons (Fsp3) is 0.300. The minimum atomic E-state index is -0.250. The van der Waals surface area contributed by atoms with E-state index in [2.05, 4.69) is 31.9 Å². The topological polar surface area (TPSA) is 132 Å². The summed E-state index contributed by atoms with van der Waals surface area (Å²) in [6.45, 7) is 1.53. The molecule has 2 N–H and O–H groups in total. The quantitative estimate of drug-likeness (QED) is 0.480. The molecule has 30 heavy (non-hydrogen) atoms. The Morgan fingerprint density at radius 2 is 1.70 bits per heavy atom. The minimum Gasteiger partial charge on any atom is -0.483 e. The zero-order valence-corrected chi connectivity index (χ0v) is 16.3. The van der Waals surface area contributed by atoms with Crippen LogP contribution in [0.4, 0.5) is 0 Å². The second-order valence-electron chi connectivity index (χ2n) is 7.25. The van der Waals surface area contributed by atoms with Crippen molar-refractivity contribution in [3.63, 3.8) is 0 Å². The number of fused-ring (bicyclic) bond motifs is 2. The highest BCUT2D eigenvalue weighted by Gasteiger charge is 2.41. The zero-order chi connectivity index (χ0) is 21.3. The Hall–Kier alpha value is -3.66. The largest absolute Gasteiger partial charge is 0.483 e. The summed E-state index contributed by atoms with van der Waals surface area (Å²) in [5, 5.41) is 6.89. The standard InChI is InChI=1S/C19H18N6O2.CH2O2/c1-24-4-2-12(3-5-24)25-18(26)13-6-15-16(7-14(13)19(25)27)23-17(22-15)11-8-20-10-21-9-11;2-1-3/h6-10,12H,2-5H2,1H3,(H,22,23);1H,(H,2,3). The van der Waals surface area contributed by atoms with Gasteiger partial charge in [0.2, 0.25) is 0 Å². The summed E-state index contributed by atoms with van der Waals surface area (Å²) >= 11 is 0. The summed E-state index contributed by atoms with van der Waals surface area (Å²) in [7, 11) is 2.06. The molecule has 0 radical (unpaired) electrons. The summed E-state index contributed by atoms with van der Waals surface area (Å²) in [5.74, 6) is 0.200. The van der Waals surface area contributed by atoms with E-state index in [1.807, 2.05) is 0 Å². The zero-order valence-electron chi connectivity index (χ0n) is 16.3. The molecule has 0 aliphatic carbocycles. The molecular formula is C20H20N6O4. The molecule has 3 aromatic rings. The molecule has 2 amide bonds. The van der Waals surface area contributed by atoms with Crippen molar-refractivity contribution in [2.45, 2.75) is 18.9 Å². The molecule has 0 unspecified atom stereocenters. The van der Waals surface area contributed by atoms with E-state index < -0.39 is 0 Å². The maximum absolute atomic E-state index is 12.9. The predicted octanol–water partition coefficient (Wildman–Crippen LogP) is 1.41. The molecule has 0 bridgehead atoms. The highest BCUT2D eigenvalue weighted by Crippen LogP contribution is 2.31. The van der Waals surface area contributed by atoms with Gasteiger partial charge in [0.25, 0.3) is 18.3 Å². The number of aromatic amines is 1. The average molecular weight is 408 g/mol. The number of carbonyl (C=O) groups is 3. The van der Waals surface area contributed by atoms with Gasteiger partial charge in [0.05, 0.1) is 27.7 Å². The van der Waals surface area contributed by atoms with Crippen molar-refractivity contribution in [1.82, 2.24) is 29.7 Å². The van der Waals surface area contributed by atoms with Crippen LogP contribution in [0.15, 0.2) is 30.9 Å². The first kappa shape index (κ1) is 19.6. The summed E-state index contributed by atoms with van der Waals surface area (Å²) in [6, 6.07) is 3.42. The van der Waals surface area contributed by atoms with E-state index in [0.717, 1.165) is 37.0 Å². The van der Waals surface area contributed by atoms with Crippen LogP contribution in [0.5, 0.6) is 0 Å². The Morgan fingerprint density at radius 3 is 2.33 bits per heavy atom. The van der Waals surface area contributed by atoms with Crippen LogP contribution in [0, 0.1) is 0 Å². The summed E-state index contributed by atoms with van der Waals surface area (Å²) in [4.78, 5) is 53.6. The Morgan fingerprint density at radius 1 is 1.10 bits per heavy atom. The van der Waals surface area contributed by atoms with Crippen LogP contribution in [0.25, 0.3) is 22.4 Å². The number of rotatable bonds is 2. The second kappa shape index (κ2) is 7.99. The van der Waals surface area contributed by atoms with Gasteiger partial charge in [-0.25, -0.2) is 15.0 Å². The number of aromatic nitrogens is 4. The van der Waals surface area contributed by atoms with Crippen molar-refractivity contribution in [1.29, 1.82) is 0 Å². The van der Waals surface area contributed by atoms with Crippen molar-refractivity contribution < 1.29 is 19.5 Å². The van der Waals surface area contributed by atoms with Gasteiger partial charge in [-0.1, -0.05) is 0 Å². The Balaban J connectivity index is 0.000000687. The predicted molar refractivity (Wildman–Crippen MR) is 107 cm³/mol. The van der Waals surface area contributed by atoms with Crippen molar-refractivity contribution >= 4 is 29.3 Å². The van der Waals surface area contributed by atoms with Gasteiger partial charge in [-0.05, 0) is 45.1 Å². The number of hydrogen-bond acceptors (Lipinski definition) is 7. The number of imide groups is 1. The van der Waals surface area contributed by atoms with Crippen LogP contribution in [-0.2, 0) is 4.79 Å². The van der Waals surface area contributed by atoms with Gasteiger partial charge >= 0.3 is 0 Å². The number of imidazole rings is 1. The van der Waals surface area contributed by atoms with Crippen molar-refractivity contribution in [2.24, 2.45) is 0 Å². The Labute approximate surface area is 171 Å². The van der Waals surface area contributed by atoms with E-state index in [0.29, 0.717) is 22.5 Å². The van der Waals surface area contributed by atoms with Crippen LogP contribution in [-0.4, -0.2) is 79.3 Å². The second-order valence-corrected chi connectivity index (χ2v) is 7.25. The number of likely N-dealkylation sites (tertiary alicyclic amines) is 1. The van der Waals surface area contributed by atoms with E-state index in [9.17, 15) is 9.59 Å². The van der Waals surface area contributed by atoms with Crippen LogP contribution in [0.2, 0.25) is 0 Å². The number of hydrogen-bond donors (Lipinski definition) is 2. The SMILES string of the molecule is CN1CCC(N2C(=O)c3cc4nc(-c5cncnc5)[nH]c4cc3C2=O)CC1.O=CO. The van der Waals surface area contributed by atoms with Crippen LogP contribution in [0.1, 0.15) is 33.6 Å². The molecule has 154 valence electrons. The molecule has 0 saturated carbocycles. The molecule has 2 aromatic heterocycles. The van der Waals surface area contributed by atoms with Gasteiger partial charge < -0.3 is 15.0 Å². The van der Waals surface area contributed by atoms with Crippen molar-refractivity contribution in [2.75, 3.05) is 20.1 Å². The summed E-state index contributed by atoms with van der Waals surface area (Å²) in [5.41, 5.74) is 3.01. The number of nitrogens with one attached hydrogen (secondary N) is 1. The fourth-order valence-electron chi connectivity index (χ4n) is 3.91. The minimum absolute atomic E-state index is 0.0306. The molecule has 5 rings (SSSR count). The maximum Gasteiger partial charge on any atom is 0.290 e. The monoisotopic (exact) mass is 408 g/mol. The van der Waals surface area contributed by atoms with Crippen molar-refractivity contribution in [3.05, 3.63) is 42.0 Å². The average Bonchev–Trinajstić information content (AvgIpc) is 3.28. The van der Waals surface area contributed by atoms with Crippen LogP contribution < -0.4 is 0 Å². The molecule has 1 fully saturated rings. The fourth-order valence-corrected chi connectivity index (χ4v) is 3.91. The van der Waals surface area contributed by atoms with E-state index >= 15 is 0 Å². The number of carbonyl (C=O) groups excluding carboxylic acids is 2. The molecule has 0 atom stereocenters. The Bertz CT molecular complexity index is 1050. The first-order valence-electron chi connectivity index (χ1n) is 9.47. The summed E-state index contributed by atoms with van der Waals surface area (Å²) < 4.78 is 0. The number of benzene rings is 1. The van der Waals surface area contributed by atoms with E-state index in [-0.39, 0.29) is 24.3 Å². The molecule has 4 heterocycles. The third kappa shape index (κ3) is 3.41. The Kier molecular flexibility index (Phi) is 5.23. The molecule has 1 aromatic carbocycles. The maximum atomic E-state index is 12.9. The highest BCUT2D eigenvalue weighted by molar-refractivity contribution is 6.23.